The first-order valence-corrected chi connectivity index (χ1v) is 6.59. The molecule has 0 amide bonds. The molecule has 0 aliphatic carbocycles. The SMILES string of the molecule is Cc1c(OS(=O)(=O)C(F)(F)F)ccc(Br)c1Cl. The van der Waals surface area contributed by atoms with E-state index in [1.54, 1.807) is 0 Å². The van der Waals surface area contributed by atoms with E-state index in [1.165, 1.54) is 13.0 Å². The second-order valence-electron chi connectivity index (χ2n) is 2.97. The molecule has 1 aromatic carbocycles. The number of alkyl halides is 3. The van der Waals surface area contributed by atoms with Gasteiger partial charge in [-0.2, -0.15) is 21.6 Å². The maximum atomic E-state index is 12.1. The van der Waals surface area contributed by atoms with Gasteiger partial charge in [0.15, 0.2) is 0 Å². The Labute approximate surface area is 109 Å². The van der Waals surface area contributed by atoms with Gasteiger partial charge in [-0.05, 0) is 35.0 Å². The zero-order valence-corrected chi connectivity index (χ0v) is 11.3. The molecule has 0 saturated heterocycles. The van der Waals surface area contributed by atoms with Crippen molar-refractivity contribution in [3.05, 3.63) is 27.2 Å². The number of halogens is 5. The molecule has 0 atom stereocenters. The Hall–Kier alpha value is -0.470. The lowest BCUT2D eigenvalue weighted by Crippen LogP contribution is -2.28. The highest BCUT2D eigenvalue weighted by Gasteiger charge is 2.48. The van der Waals surface area contributed by atoms with Gasteiger partial charge < -0.3 is 4.18 Å². The van der Waals surface area contributed by atoms with Gasteiger partial charge >= 0.3 is 15.6 Å². The van der Waals surface area contributed by atoms with Gasteiger partial charge in [0, 0.05) is 10.0 Å². The lowest BCUT2D eigenvalue weighted by Gasteiger charge is -2.12. The molecule has 3 nitrogen and oxygen atoms in total. The monoisotopic (exact) mass is 352 g/mol. The van der Waals surface area contributed by atoms with Crippen LogP contribution in [0.3, 0.4) is 0 Å². The number of rotatable bonds is 2. The Bertz CT molecular complexity index is 542. The van der Waals surface area contributed by atoms with E-state index in [0.717, 1.165) is 6.07 Å². The minimum Gasteiger partial charge on any atom is -0.376 e. The molecule has 9 heteroatoms. The van der Waals surface area contributed by atoms with Crippen molar-refractivity contribution in [2.24, 2.45) is 0 Å². The fourth-order valence-electron chi connectivity index (χ4n) is 0.890. The summed E-state index contributed by atoms with van der Waals surface area (Å²) in [5, 5.41) is 0.0832. The first-order chi connectivity index (χ1) is 7.56. The summed E-state index contributed by atoms with van der Waals surface area (Å²) in [4.78, 5) is 0. The molecule has 0 radical (unpaired) electrons. The fraction of sp³-hybridized carbons (Fsp3) is 0.250. The Balaban J connectivity index is 3.19. The van der Waals surface area contributed by atoms with Gasteiger partial charge in [-0.1, -0.05) is 11.6 Å². The second kappa shape index (κ2) is 4.66. The molecule has 0 aliphatic rings. The van der Waals surface area contributed by atoms with E-state index < -0.39 is 21.4 Å². The van der Waals surface area contributed by atoms with E-state index in [2.05, 4.69) is 20.1 Å². The van der Waals surface area contributed by atoms with Crippen LogP contribution in [0.25, 0.3) is 0 Å². The average molecular weight is 354 g/mol. The van der Waals surface area contributed by atoms with Crippen molar-refractivity contribution in [2.45, 2.75) is 12.4 Å². The molecular formula is C8H5BrClF3O3S. The van der Waals surface area contributed by atoms with Crippen LogP contribution in [0.2, 0.25) is 5.02 Å². The molecular weight excluding hydrogens is 349 g/mol. The van der Waals surface area contributed by atoms with Crippen LogP contribution in [0.4, 0.5) is 13.2 Å². The summed E-state index contributed by atoms with van der Waals surface area (Å²) in [6.45, 7) is 1.34. The van der Waals surface area contributed by atoms with Crippen LogP contribution in [-0.2, 0) is 10.1 Å². The van der Waals surface area contributed by atoms with Crippen molar-refractivity contribution < 1.29 is 25.8 Å². The van der Waals surface area contributed by atoms with E-state index >= 15 is 0 Å². The summed E-state index contributed by atoms with van der Waals surface area (Å²) in [5.74, 6) is -0.462. The highest BCUT2D eigenvalue weighted by molar-refractivity contribution is 9.10. The molecule has 0 spiro atoms. The van der Waals surface area contributed by atoms with Crippen molar-refractivity contribution >= 4 is 37.6 Å². The third-order valence-corrected chi connectivity index (χ3v) is 4.11. The average Bonchev–Trinajstić information content (AvgIpc) is 2.17. The maximum absolute atomic E-state index is 12.1. The third kappa shape index (κ3) is 3.05. The topological polar surface area (TPSA) is 43.4 Å². The Morgan fingerprint density at radius 3 is 2.35 bits per heavy atom. The van der Waals surface area contributed by atoms with Crippen molar-refractivity contribution in [1.29, 1.82) is 0 Å². The summed E-state index contributed by atoms with van der Waals surface area (Å²) in [7, 11) is -5.68. The number of hydrogen-bond acceptors (Lipinski definition) is 3. The van der Waals surface area contributed by atoms with Gasteiger partial charge in [-0.3, -0.25) is 0 Å². The third-order valence-electron chi connectivity index (χ3n) is 1.77. The summed E-state index contributed by atoms with van der Waals surface area (Å²) < 4.78 is 62.2. The molecule has 0 saturated carbocycles. The number of hydrogen-bond donors (Lipinski definition) is 0. The van der Waals surface area contributed by atoms with Crippen LogP contribution < -0.4 is 4.18 Å². The summed E-state index contributed by atoms with van der Waals surface area (Å²) in [6, 6.07) is 2.37. The van der Waals surface area contributed by atoms with Gasteiger partial charge in [0.25, 0.3) is 0 Å². The largest absolute Gasteiger partial charge is 0.534 e. The maximum Gasteiger partial charge on any atom is 0.534 e. The molecule has 96 valence electrons. The molecule has 0 aromatic heterocycles. The minimum atomic E-state index is -5.68. The quantitative estimate of drug-likeness (QED) is 0.602. The van der Waals surface area contributed by atoms with Gasteiger partial charge in [-0.15, -0.1) is 0 Å². The van der Waals surface area contributed by atoms with Gasteiger partial charge in [0.05, 0.1) is 5.02 Å². The van der Waals surface area contributed by atoms with E-state index in [1.807, 2.05) is 0 Å². The van der Waals surface area contributed by atoms with Gasteiger partial charge in [-0.25, -0.2) is 0 Å². The highest BCUT2D eigenvalue weighted by atomic mass is 79.9. The van der Waals surface area contributed by atoms with Crippen molar-refractivity contribution in [3.8, 4) is 5.75 Å². The lowest BCUT2D eigenvalue weighted by atomic mass is 10.2. The molecule has 0 fully saturated rings. The molecule has 0 N–H and O–H groups in total. The van der Waals surface area contributed by atoms with E-state index in [0.29, 0.717) is 4.47 Å². The van der Waals surface area contributed by atoms with Crippen molar-refractivity contribution in [1.82, 2.24) is 0 Å². The Kier molecular flexibility index (Phi) is 4.00. The van der Waals surface area contributed by atoms with Crippen molar-refractivity contribution in [2.75, 3.05) is 0 Å². The second-order valence-corrected chi connectivity index (χ2v) is 5.74. The van der Waals surface area contributed by atoms with Crippen LogP contribution in [-0.4, -0.2) is 13.9 Å². The molecule has 0 bridgehead atoms. The first-order valence-electron chi connectivity index (χ1n) is 4.01. The standard InChI is InChI=1S/C8H5BrClF3O3S/c1-4-6(3-2-5(9)7(4)10)16-17(14,15)8(11,12)13/h2-3H,1H3. The van der Waals surface area contributed by atoms with E-state index in [-0.39, 0.29) is 10.6 Å². The Morgan fingerprint density at radius 2 is 1.88 bits per heavy atom. The molecule has 1 aromatic rings. The zero-order chi connectivity index (χ0) is 13.4. The molecule has 0 aliphatic heterocycles. The van der Waals surface area contributed by atoms with Crippen LogP contribution in [0.1, 0.15) is 5.56 Å². The van der Waals surface area contributed by atoms with Crippen LogP contribution in [0, 0.1) is 6.92 Å². The molecule has 0 unspecified atom stereocenters. The molecule has 0 heterocycles. The van der Waals surface area contributed by atoms with E-state index in [4.69, 9.17) is 11.6 Å². The van der Waals surface area contributed by atoms with Crippen LogP contribution in [0.5, 0.6) is 5.75 Å². The lowest BCUT2D eigenvalue weighted by molar-refractivity contribution is -0.0500. The highest BCUT2D eigenvalue weighted by Crippen LogP contribution is 2.35. The molecule has 1 rings (SSSR count). The number of benzene rings is 1. The van der Waals surface area contributed by atoms with Crippen molar-refractivity contribution in [3.63, 3.8) is 0 Å². The fourth-order valence-corrected chi connectivity index (χ4v) is 1.99. The smallest absolute Gasteiger partial charge is 0.376 e. The van der Waals surface area contributed by atoms with E-state index in [9.17, 15) is 21.6 Å². The first kappa shape index (κ1) is 14.6. The zero-order valence-electron chi connectivity index (χ0n) is 8.18. The molecule has 17 heavy (non-hydrogen) atoms. The predicted octanol–water partition coefficient (Wildman–Crippen LogP) is 3.64. The normalized spacial score (nSPS) is 12.6. The van der Waals surface area contributed by atoms with Crippen LogP contribution >= 0.6 is 27.5 Å². The van der Waals surface area contributed by atoms with Crippen LogP contribution in [0.15, 0.2) is 16.6 Å². The van der Waals surface area contributed by atoms with Gasteiger partial charge in [0.1, 0.15) is 5.75 Å². The predicted molar refractivity (Wildman–Crippen MR) is 59.5 cm³/mol. The summed E-state index contributed by atoms with van der Waals surface area (Å²) in [5.41, 5.74) is -5.38. The Morgan fingerprint density at radius 1 is 1.35 bits per heavy atom. The van der Waals surface area contributed by atoms with Gasteiger partial charge in [0.2, 0.25) is 0 Å². The minimum absolute atomic E-state index is 0.0832. The summed E-state index contributed by atoms with van der Waals surface area (Å²) >= 11 is 8.76. The summed E-state index contributed by atoms with van der Waals surface area (Å²) in [6.07, 6.45) is 0.